The van der Waals surface area contributed by atoms with E-state index in [4.69, 9.17) is 11.6 Å². The molecule has 0 saturated carbocycles. The largest absolute Gasteiger partial charge is 0.326 e. The first-order chi connectivity index (χ1) is 10.4. The summed E-state index contributed by atoms with van der Waals surface area (Å²) in [6.07, 6.45) is 0. The van der Waals surface area contributed by atoms with Crippen LogP contribution in [-0.2, 0) is 11.3 Å². The summed E-state index contributed by atoms with van der Waals surface area (Å²) in [5.41, 5.74) is 1.28. The van der Waals surface area contributed by atoms with Gasteiger partial charge in [0.15, 0.2) is 6.54 Å². The molecule has 0 heterocycles. The van der Waals surface area contributed by atoms with Gasteiger partial charge in [0.05, 0.1) is 12.7 Å². The van der Waals surface area contributed by atoms with Gasteiger partial charge in [-0.3, -0.25) is 4.79 Å². The zero-order valence-electron chi connectivity index (χ0n) is 12.0. The molecule has 116 valence electrons. The van der Waals surface area contributed by atoms with Gasteiger partial charge < -0.3 is 10.2 Å². The fourth-order valence-electron chi connectivity index (χ4n) is 2.07. The molecule has 0 aliphatic rings. The lowest BCUT2D eigenvalue weighted by atomic mass is 10.2. The third kappa shape index (κ3) is 5.09. The second-order valence-corrected chi connectivity index (χ2v) is 6.46. The van der Waals surface area contributed by atoms with E-state index >= 15 is 0 Å². The van der Waals surface area contributed by atoms with Gasteiger partial charge in [-0.2, -0.15) is 0 Å². The second kappa shape index (κ2) is 7.72. The normalized spacial score (nSPS) is 12.0. The average molecular weight is 387 g/mol. The van der Waals surface area contributed by atoms with Crippen molar-refractivity contribution in [1.82, 2.24) is 0 Å². The molecular weight excluding hydrogens is 371 g/mol. The Morgan fingerprint density at radius 1 is 1.27 bits per heavy atom. The first-order valence-electron chi connectivity index (χ1n) is 6.74. The van der Waals surface area contributed by atoms with Gasteiger partial charge in [0, 0.05) is 15.1 Å². The number of quaternary nitrogens is 1. The zero-order valence-corrected chi connectivity index (χ0v) is 14.3. The lowest BCUT2D eigenvalue weighted by Crippen LogP contribution is -3.08. The van der Waals surface area contributed by atoms with Crippen LogP contribution in [0, 0.1) is 5.82 Å². The number of benzene rings is 2. The van der Waals surface area contributed by atoms with Crippen LogP contribution in [0.15, 0.2) is 46.9 Å². The van der Waals surface area contributed by atoms with Crippen molar-refractivity contribution in [2.75, 3.05) is 18.9 Å². The third-order valence-corrected chi connectivity index (χ3v) is 3.83. The predicted octanol–water partition coefficient (Wildman–Crippen LogP) is 2.90. The standard InChI is InChI=1S/C16H15BrClFN2O/c1-21(9-11-2-5-13(18)6-3-11)10-16(22)20-15-7-4-12(17)8-14(15)19/h2-8H,9-10H2,1H3,(H,20,22)/p+1. The van der Waals surface area contributed by atoms with Crippen LogP contribution in [0.3, 0.4) is 0 Å². The van der Waals surface area contributed by atoms with Crippen molar-refractivity contribution in [2.24, 2.45) is 0 Å². The zero-order chi connectivity index (χ0) is 16.1. The second-order valence-electron chi connectivity index (χ2n) is 5.11. The minimum absolute atomic E-state index is 0.187. The molecule has 0 fully saturated rings. The smallest absolute Gasteiger partial charge is 0.279 e. The van der Waals surface area contributed by atoms with E-state index in [1.807, 2.05) is 31.3 Å². The van der Waals surface area contributed by atoms with Crippen LogP contribution in [0.1, 0.15) is 5.56 Å². The van der Waals surface area contributed by atoms with Crippen LogP contribution in [0.2, 0.25) is 5.02 Å². The molecule has 0 aliphatic heterocycles. The van der Waals surface area contributed by atoms with Crippen molar-refractivity contribution >= 4 is 39.1 Å². The van der Waals surface area contributed by atoms with E-state index in [1.54, 1.807) is 6.07 Å². The van der Waals surface area contributed by atoms with Gasteiger partial charge in [-0.05, 0) is 30.3 Å². The van der Waals surface area contributed by atoms with E-state index in [9.17, 15) is 9.18 Å². The minimum atomic E-state index is -0.460. The summed E-state index contributed by atoms with van der Waals surface area (Å²) in [5, 5.41) is 3.27. The minimum Gasteiger partial charge on any atom is -0.326 e. The van der Waals surface area contributed by atoms with E-state index in [2.05, 4.69) is 21.2 Å². The maximum Gasteiger partial charge on any atom is 0.279 e. The maximum absolute atomic E-state index is 13.7. The number of halogens is 3. The van der Waals surface area contributed by atoms with Crippen LogP contribution < -0.4 is 10.2 Å². The first kappa shape index (κ1) is 16.9. The molecule has 0 radical (unpaired) electrons. The summed E-state index contributed by atoms with van der Waals surface area (Å²) in [5.74, 6) is -0.689. The van der Waals surface area contributed by atoms with Crippen molar-refractivity contribution in [2.45, 2.75) is 6.54 Å². The van der Waals surface area contributed by atoms with E-state index in [-0.39, 0.29) is 18.1 Å². The summed E-state index contributed by atoms with van der Waals surface area (Å²) < 4.78 is 14.3. The fourth-order valence-corrected chi connectivity index (χ4v) is 2.53. The molecule has 2 aromatic rings. The van der Waals surface area contributed by atoms with E-state index in [0.717, 1.165) is 10.5 Å². The lowest BCUT2D eigenvalue weighted by molar-refractivity contribution is -0.885. The fraction of sp³-hybridized carbons (Fsp3) is 0.188. The van der Waals surface area contributed by atoms with Gasteiger partial charge >= 0.3 is 0 Å². The molecular formula is C16H16BrClFN2O+. The maximum atomic E-state index is 13.7. The van der Waals surface area contributed by atoms with Gasteiger partial charge in [0.1, 0.15) is 12.4 Å². The number of anilines is 1. The van der Waals surface area contributed by atoms with Gasteiger partial charge in [-0.15, -0.1) is 0 Å². The van der Waals surface area contributed by atoms with E-state index in [0.29, 0.717) is 16.0 Å². The Bertz CT molecular complexity index is 664. The summed E-state index contributed by atoms with van der Waals surface area (Å²) in [7, 11) is 1.91. The lowest BCUT2D eigenvalue weighted by Gasteiger charge is -2.14. The molecule has 22 heavy (non-hydrogen) atoms. The van der Waals surface area contributed by atoms with Crippen molar-refractivity contribution in [1.29, 1.82) is 0 Å². The predicted molar refractivity (Wildman–Crippen MR) is 89.6 cm³/mol. The van der Waals surface area contributed by atoms with Crippen LogP contribution in [0.25, 0.3) is 0 Å². The molecule has 2 N–H and O–H groups in total. The molecule has 3 nitrogen and oxygen atoms in total. The van der Waals surface area contributed by atoms with E-state index < -0.39 is 5.82 Å². The highest BCUT2D eigenvalue weighted by Gasteiger charge is 2.13. The third-order valence-electron chi connectivity index (χ3n) is 3.09. The van der Waals surface area contributed by atoms with Crippen molar-refractivity contribution in [3.8, 4) is 0 Å². The number of carbonyl (C=O) groups excluding carboxylic acids is 1. The molecule has 1 unspecified atom stereocenters. The Balaban J connectivity index is 1.89. The number of likely N-dealkylation sites (N-methyl/N-ethyl adjacent to an activating group) is 1. The Labute approximate surface area is 142 Å². The Hall–Kier alpha value is -1.43. The number of nitrogens with one attached hydrogen (secondary N) is 2. The number of rotatable bonds is 5. The summed E-state index contributed by atoms with van der Waals surface area (Å²) in [6, 6.07) is 12.0. The Morgan fingerprint density at radius 3 is 2.59 bits per heavy atom. The van der Waals surface area contributed by atoms with Gasteiger partial charge in [-0.25, -0.2) is 4.39 Å². The number of hydrogen-bond acceptors (Lipinski definition) is 1. The molecule has 0 aromatic heterocycles. The Morgan fingerprint density at radius 2 is 1.95 bits per heavy atom. The molecule has 2 rings (SSSR count). The average Bonchev–Trinajstić information content (AvgIpc) is 2.44. The van der Waals surface area contributed by atoms with Crippen LogP contribution >= 0.6 is 27.5 Å². The van der Waals surface area contributed by atoms with Gasteiger partial charge in [0.25, 0.3) is 5.91 Å². The molecule has 2 aromatic carbocycles. The molecule has 6 heteroatoms. The van der Waals surface area contributed by atoms with Crippen molar-refractivity contribution in [3.63, 3.8) is 0 Å². The molecule has 1 amide bonds. The van der Waals surface area contributed by atoms with Crippen molar-refractivity contribution < 1.29 is 14.1 Å². The van der Waals surface area contributed by atoms with Crippen LogP contribution in [0.4, 0.5) is 10.1 Å². The number of carbonyl (C=O) groups is 1. The topological polar surface area (TPSA) is 33.5 Å². The molecule has 0 bridgehead atoms. The van der Waals surface area contributed by atoms with Crippen LogP contribution in [0.5, 0.6) is 0 Å². The summed E-state index contributed by atoms with van der Waals surface area (Å²) >= 11 is 9.02. The highest BCUT2D eigenvalue weighted by atomic mass is 79.9. The SMILES string of the molecule is C[NH+](CC(=O)Nc1ccc(Br)cc1F)Cc1ccc(Cl)cc1. The summed E-state index contributed by atoms with van der Waals surface area (Å²) in [6.45, 7) is 0.936. The highest BCUT2D eigenvalue weighted by Crippen LogP contribution is 2.19. The number of amides is 1. The first-order valence-corrected chi connectivity index (χ1v) is 7.92. The van der Waals surface area contributed by atoms with Crippen LogP contribution in [-0.4, -0.2) is 19.5 Å². The molecule has 0 aliphatic carbocycles. The molecule has 0 spiro atoms. The highest BCUT2D eigenvalue weighted by molar-refractivity contribution is 9.10. The molecule has 1 atom stereocenters. The monoisotopic (exact) mass is 385 g/mol. The number of hydrogen-bond donors (Lipinski definition) is 2. The quantitative estimate of drug-likeness (QED) is 0.814. The van der Waals surface area contributed by atoms with E-state index in [1.165, 1.54) is 12.1 Å². The molecule has 0 saturated heterocycles. The van der Waals surface area contributed by atoms with Gasteiger partial charge in [-0.1, -0.05) is 39.7 Å². The Kier molecular flexibility index (Phi) is 5.94. The summed E-state index contributed by atoms with van der Waals surface area (Å²) in [4.78, 5) is 13.0. The van der Waals surface area contributed by atoms with Crippen molar-refractivity contribution in [3.05, 3.63) is 63.3 Å². The van der Waals surface area contributed by atoms with Gasteiger partial charge in [0.2, 0.25) is 0 Å².